The van der Waals surface area contributed by atoms with Gasteiger partial charge < -0.3 is 9.80 Å². The monoisotopic (exact) mass is 312 g/mol. The van der Waals surface area contributed by atoms with E-state index in [0.29, 0.717) is 5.56 Å². The molecule has 0 saturated carbocycles. The highest BCUT2D eigenvalue weighted by atomic mass is 19.1. The molecule has 3 rings (SSSR count). The van der Waals surface area contributed by atoms with Crippen molar-refractivity contribution in [2.45, 2.75) is 6.92 Å². The third kappa shape index (κ3) is 3.42. The van der Waals surface area contributed by atoms with Crippen molar-refractivity contribution in [1.82, 2.24) is 9.80 Å². The van der Waals surface area contributed by atoms with E-state index in [-0.39, 0.29) is 11.7 Å². The molecule has 120 valence electrons. The molecule has 1 amide bonds. The van der Waals surface area contributed by atoms with Gasteiger partial charge in [0, 0.05) is 31.7 Å². The molecular formula is C19H21FN2O. The minimum Gasteiger partial charge on any atom is -0.336 e. The number of amides is 1. The summed E-state index contributed by atoms with van der Waals surface area (Å²) in [5, 5.41) is 0. The van der Waals surface area contributed by atoms with Crippen LogP contribution in [0.3, 0.4) is 0 Å². The van der Waals surface area contributed by atoms with Gasteiger partial charge in [-0.3, -0.25) is 4.79 Å². The number of hydrogen-bond acceptors (Lipinski definition) is 2. The maximum Gasteiger partial charge on any atom is 0.253 e. The van der Waals surface area contributed by atoms with Crippen LogP contribution in [0.15, 0.2) is 42.5 Å². The van der Waals surface area contributed by atoms with Gasteiger partial charge >= 0.3 is 0 Å². The highest BCUT2D eigenvalue weighted by Crippen LogP contribution is 2.25. The van der Waals surface area contributed by atoms with E-state index in [1.165, 1.54) is 12.1 Å². The Morgan fingerprint density at radius 1 is 1.04 bits per heavy atom. The van der Waals surface area contributed by atoms with Gasteiger partial charge in [-0.2, -0.15) is 0 Å². The average molecular weight is 312 g/mol. The third-order valence-corrected chi connectivity index (χ3v) is 4.41. The molecule has 2 aromatic carbocycles. The van der Waals surface area contributed by atoms with E-state index < -0.39 is 0 Å². The zero-order chi connectivity index (χ0) is 16.4. The van der Waals surface area contributed by atoms with E-state index >= 15 is 0 Å². The van der Waals surface area contributed by atoms with Gasteiger partial charge in [-0.25, -0.2) is 4.39 Å². The second kappa shape index (κ2) is 6.50. The molecule has 2 aromatic rings. The first-order valence-electron chi connectivity index (χ1n) is 7.89. The highest BCUT2D eigenvalue weighted by molar-refractivity contribution is 5.95. The van der Waals surface area contributed by atoms with E-state index in [2.05, 4.69) is 11.9 Å². The normalized spacial score (nSPS) is 15.7. The van der Waals surface area contributed by atoms with Gasteiger partial charge in [0.2, 0.25) is 0 Å². The third-order valence-electron chi connectivity index (χ3n) is 4.41. The molecule has 1 saturated heterocycles. The number of rotatable bonds is 2. The number of nitrogens with zero attached hydrogens (tertiary/aromatic N) is 2. The van der Waals surface area contributed by atoms with Crippen molar-refractivity contribution in [3.05, 3.63) is 59.4 Å². The summed E-state index contributed by atoms with van der Waals surface area (Å²) in [6.07, 6.45) is 0. The zero-order valence-corrected chi connectivity index (χ0v) is 13.6. The van der Waals surface area contributed by atoms with Crippen LogP contribution in [0.25, 0.3) is 11.1 Å². The minimum absolute atomic E-state index is 0.0500. The molecule has 1 fully saturated rings. The molecule has 3 nitrogen and oxygen atoms in total. The van der Waals surface area contributed by atoms with Crippen LogP contribution in [-0.4, -0.2) is 48.9 Å². The Hall–Kier alpha value is -2.20. The van der Waals surface area contributed by atoms with Gasteiger partial charge in [-0.05, 0) is 54.9 Å². The Balaban J connectivity index is 1.88. The van der Waals surface area contributed by atoms with Crippen molar-refractivity contribution >= 4 is 5.91 Å². The molecule has 23 heavy (non-hydrogen) atoms. The van der Waals surface area contributed by atoms with Crippen molar-refractivity contribution in [1.29, 1.82) is 0 Å². The molecule has 1 aliphatic heterocycles. The summed E-state index contributed by atoms with van der Waals surface area (Å²) in [5.74, 6) is -0.213. The fourth-order valence-corrected chi connectivity index (χ4v) is 2.92. The summed E-state index contributed by atoms with van der Waals surface area (Å²) in [4.78, 5) is 16.8. The Kier molecular flexibility index (Phi) is 4.44. The van der Waals surface area contributed by atoms with Gasteiger partial charge in [-0.1, -0.05) is 18.2 Å². The quantitative estimate of drug-likeness (QED) is 0.850. The van der Waals surface area contributed by atoms with Gasteiger partial charge in [0.15, 0.2) is 0 Å². The van der Waals surface area contributed by atoms with Crippen LogP contribution in [-0.2, 0) is 0 Å². The summed E-state index contributed by atoms with van der Waals surface area (Å²) in [5.41, 5.74) is 3.37. The fourth-order valence-electron chi connectivity index (χ4n) is 2.92. The first kappa shape index (κ1) is 15.7. The number of likely N-dealkylation sites (N-methyl/N-ethyl adjacent to an activating group) is 1. The molecule has 0 atom stereocenters. The molecule has 0 radical (unpaired) electrons. The summed E-state index contributed by atoms with van der Waals surface area (Å²) in [7, 11) is 2.06. The van der Waals surface area contributed by atoms with Crippen LogP contribution >= 0.6 is 0 Å². The Morgan fingerprint density at radius 3 is 2.52 bits per heavy atom. The Bertz CT molecular complexity index is 721. The number of aryl methyl sites for hydroxylation is 1. The molecule has 0 N–H and O–H groups in total. The molecule has 0 bridgehead atoms. The lowest BCUT2D eigenvalue weighted by Gasteiger charge is -2.32. The maximum atomic E-state index is 13.5. The average Bonchev–Trinajstić information content (AvgIpc) is 2.57. The first-order chi connectivity index (χ1) is 11.0. The first-order valence-corrected chi connectivity index (χ1v) is 7.89. The largest absolute Gasteiger partial charge is 0.336 e. The highest BCUT2D eigenvalue weighted by Gasteiger charge is 2.20. The van der Waals surface area contributed by atoms with Crippen LogP contribution in [0.4, 0.5) is 4.39 Å². The number of piperazine rings is 1. The van der Waals surface area contributed by atoms with Crippen molar-refractivity contribution in [3.8, 4) is 11.1 Å². The number of hydrogen-bond donors (Lipinski definition) is 0. The van der Waals surface area contributed by atoms with E-state index in [4.69, 9.17) is 0 Å². The fraction of sp³-hybridized carbons (Fsp3) is 0.316. The van der Waals surface area contributed by atoms with E-state index in [0.717, 1.165) is 42.9 Å². The van der Waals surface area contributed by atoms with Gasteiger partial charge in [0.05, 0.1) is 0 Å². The lowest BCUT2D eigenvalue weighted by atomic mass is 9.98. The predicted molar refractivity (Wildman–Crippen MR) is 90.0 cm³/mol. The van der Waals surface area contributed by atoms with Crippen LogP contribution in [0.1, 0.15) is 15.9 Å². The molecule has 1 heterocycles. The summed E-state index contributed by atoms with van der Waals surface area (Å²) in [6.45, 7) is 5.24. The zero-order valence-electron chi connectivity index (χ0n) is 13.6. The maximum absolute atomic E-state index is 13.5. The Labute approximate surface area is 136 Å². The topological polar surface area (TPSA) is 23.6 Å². The van der Waals surface area contributed by atoms with Crippen LogP contribution < -0.4 is 0 Å². The number of halogens is 1. The lowest BCUT2D eigenvalue weighted by molar-refractivity contribution is 0.0664. The molecule has 4 heteroatoms. The second-order valence-corrected chi connectivity index (χ2v) is 6.14. The van der Waals surface area contributed by atoms with Gasteiger partial charge in [0.25, 0.3) is 5.91 Å². The summed E-state index contributed by atoms with van der Waals surface area (Å²) in [6, 6.07) is 12.2. The molecule has 0 aromatic heterocycles. The number of benzene rings is 2. The summed E-state index contributed by atoms with van der Waals surface area (Å²) < 4.78 is 13.5. The van der Waals surface area contributed by atoms with Crippen molar-refractivity contribution in [2.24, 2.45) is 0 Å². The van der Waals surface area contributed by atoms with Crippen LogP contribution in [0, 0.1) is 12.7 Å². The second-order valence-electron chi connectivity index (χ2n) is 6.14. The predicted octanol–water partition coefficient (Wildman–Crippen LogP) is 3.19. The molecule has 0 aliphatic carbocycles. The molecule has 0 unspecified atom stereocenters. The molecule has 1 aliphatic rings. The van der Waals surface area contributed by atoms with Crippen molar-refractivity contribution in [2.75, 3.05) is 33.2 Å². The molecular weight excluding hydrogens is 291 g/mol. The standard InChI is InChI=1S/C19H21FN2O/c1-14-6-7-17(20)13-18(14)15-4-3-5-16(12-15)19(23)22-10-8-21(2)9-11-22/h3-7,12-13H,8-11H2,1-2H3. The lowest BCUT2D eigenvalue weighted by Crippen LogP contribution is -2.47. The minimum atomic E-state index is -0.263. The van der Waals surface area contributed by atoms with Gasteiger partial charge in [0.1, 0.15) is 5.82 Å². The SMILES string of the molecule is Cc1ccc(F)cc1-c1cccc(C(=O)N2CCN(C)CC2)c1. The Morgan fingerprint density at radius 2 is 1.78 bits per heavy atom. The van der Waals surface area contributed by atoms with E-state index in [1.807, 2.05) is 36.1 Å². The van der Waals surface area contributed by atoms with Crippen LogP contribution in [0.5, 0.6) is 0 Å². The number of carbonyl (C=O) groups is 1. The smallest absolute Gasteiger partial charge is 0.253 e. The van der Waals surface area contributed by atoms with E-state index in [1.54, 1.807) is 6.07 Å². The molecule has 0 spiro atoms. The van der Waals surface area contributed by atoms with Crippen LogP contribution in [0.2, 0.25) is 0 Å². The van der Waals surface area contributed by atoms with Gasteiger partial charge in [-0.15, -0.1) is 0 Å². The van der Waals surface area contributed by atoms with Crippen molar-refractivity contribution in [3.63, 3.8) is 0 Å². The van der Waals surface area contributed by atoms with E-state index in [9.17, 15) is 9.18 Å². The van der Waals surface area contributed by atoms with Crippen molar-refractivity contribution < 1.29 is 9.18 Å². The number of carbonyl (C=O) groups excluding carboxylic acids is 1. The summed E-state index contributed by atoms with van der Waals surface area (Å²) >= 11 is 0.